The summed E-state index contributed by atoms with van der Waals surface area (Å²) in [5.41, 5.74) is 4.74. The number of hydrogen-bond donors (Lipinski definition) is 0. The minimum atomic E-state index is -0.258. The molecule has 1 aromatic heterocycles. The van der Waals surface area contributed by atoms with Crippen molar-refractivity contribution in [3.05, 3.63) is 93.3 Å². The number of carbonyl (C=O) groups excluding carboxylic acids is 2. The molecule has 0 aliphatic carbocycles. The average molecular weight is 417 g/mol. The molecule has 30 heavy (non-hydrogen) atoms. The summed E-state index contributed by atoms with van der Waals surface area (Å²) in [6, 6.07) is 19.7. The number of likely N-dealkylation sites (N-methyl/N-ethyl adjacent to an activating group) is 1. The molecule has 5 heteroatoms. The van der Waals surface area contributed by atoms with Crippen LogP contribution in [-0.4, -0.2) is 23.3 Å². The second kappa shape index (κ2) is 8.28. The highest BCUT2D eigenvalue weighted by Gasteiger charge is 2.42. The number of anilines is 1. The third kappa shape index (κ3) is 3.68. The van der Waals surface area contributed by atoms with E-state index >= 15 is 0 Å². The van der Waals surface area contributed by atoms with Gasteiger partial charge >= 0.3 is 0 Å². The molecule has 0 fully saturated rings. The molecule has 152 valence electrons. The number of nitrogens with zero attached hydrogens (tertiary/aromatic N) is 2. The Balaban J connectivity index is 1.81. The van der Waals surface area contributed by atoms with Crippen LogP contribution in [0.4, 0.5) is 5.69 Å². The van der Waals surface area contributed by atoms with Crippen LogP contribution >= 0.6 is 11.3 Å². The largest absolute Gasteiger partial charge is 0.362 e. The van der Waals surface area contributed by atoms with Crippen LogP contribution in [0.1, 0.15) is 28.5 Å². The highest BCUT2D eigenvalue weighted by atomic mass is 32.1. The maximum absolute atomic E-state index is 13.6. The number of hydrogen-bond acceptors (Lipinski definition) is 4. The first-order valence-electron chi connectivity index (χ1n) is 10.0. The van der Waals surface area contributed by atoms with Crippen molar-refractivity contribution in [2.45, 2.75) is 27.3 Å². The Labute approximate surface area is 181 Å². The van der Waals surface area contributed by atoms with E-state index in [1.807, 2.05) is 91.7 Å². The molecule has 3 aromatic rings. The van der Waals surface area contributed by atoms with Gasteiger partial charge in [-0.05, 0) is 61.0 Å². The lowest BCUT2D eigenvalue weighted by Gasteiger charge is -2.25. The van der Waals surface area contributed by atoms with E-state index in [2.05, 4.69) is 0 Å². The molecule has 0 saturated heterocycles. The lowest BCUT2D eigenvalue weighted by molar-refractivity contribution is -0.120. The first-order valence-corrected chi connectivity index (χ1v) is 10.9. The summed E-state index contributed by atoms with van der Waals surface area (Å²) < 4.78 is 0. The molecule has 0 spiro atoms. The van der Waals surface area contributed by atoms with Crippen molar-refractivity contribution in [1.29, 1.82) is 0 Å². The molecule has 1 aliphatic heterocycles. The zero-order valence-corrected chi connectivity index (χ0v) is 18.2. The van der Waals surface area contributed by atoms with Gasteiger partial charge in [-0.25, -0.2) is 4.90 Å². The van der Waals surface area contributed by atoms with E-state index in [0.717, 1.165) is 21.6 Å². The van der Waals surface area contributed by atoms with E-state index in [-0.39, 0.29) is 11.8 Å². The Morgan fingerprint density at radius 1 is 0.900 bits per heavy atom. The number of aryl methyl sites for hydroxylation is 2. The molecule has 0 N–H and O–H groups in total. The van der Waals surface area contributed by atoms with Gasteiger partial charge in [0, 0.05) is 18.0 Å². The smallest absolute Gasteiger partial charge is 0.282 e. The van der Waals surface area contributed by atoms with Crippen LogP contribution in [0, 0.1) is 13.8 Å². The number of carbonyl (C=O) groups is 2. The van der Waals surface area contributed by atoms with E-state index in [4.69, 9.17) is 0 Å². The monoisotopic (exact) mass is 416 g/mol. The number of rotatable bonds is 6. The molecule has 0 unspecified atom stereocenters. The highest BCUT2D eigenvalue weighted by molar-refractivity contribution is 7.11. The molecular weight excluding hydrogens is 392 g/mol. The van der Waals surface area contributed by atoms with Gasteiger partial charge in [0.1, 0.15) is 5.70 Å². The van der Waals surface area contributed by atoms with E-state index in [9.17, 15) is 9.59 Å². The first-order chi connectivity index (χ1) is 14.5. The number of imide groups is 1. The fourth-order valence-corrected chi connectivity index (χ4v) is 4.68. The SMILES string of the molecule is CCN(Cc1ccccc1)C1=C(c2cccs2)C(=O)N(c2cc(C)cc(C)c2)C1=O. The van der Waals surface area contributed by atoms with Crippen LogP contribution in [0.15, 0.2) is 71.7 Å². The van der Waals surface area contributed by atoms with Crippen LogP contribution in [0.25, 0.3) is 5.57 Å². The summed E-state index contributed by atoms with van der Waals surface area (Å²) in [7, 11) is 0. The molecule has 0 saturated carbocycles. The van der Waals surface area contributed by atoms with Gasteiger partial charge in [-0.3, -0.25) is 9.59 Å². The van der Waals surface area contributed by atoms with Crippen molar-refractivity contribution in [2.75, 3.05) is 11.4 Å². The van der Waals surface area contributed by atoms with E-state index in [0.29, 0.717) is 30.0 Å². The third-order valence-electron chi connectivity index (χ3n) is 5.21. The molecule has 4 nitrogen and oxygen atoms in total. The second-order valence-corrected chi connectivity index (χ2v) is 8.44. The van der Waals surface area contributed by atoms with Crippen molar-refractivity contribution >= 4 is 34.4 Å². The van der Waals surface area contributed by atoms with Gasteiger partial charge < -0.3 is 4.90 Å². The Kier molecular flexibility index (Phi) is 5.55. The molecule has 0 bridgehead atoms. The van der Waals surface area contributed by atoms with Crippen molar-refractivity contribution in [3.63, 3.8) is 0 Å². The zero-order chi connectivity index (χ0) is 21.3. The zero-order valence-electron chi connectivity index (χ0n) is 17.4. The van der Waals surface area contributed by atoms with Gasteiger partial charge in [0.05, 0.1) is 11.3 Å². The van der Waals surface area contributed by atoms with Gasteiger partial charge in [-0.15, -0.1) is 11.3 Å². The molecule has 2 aromatic carbocycles. The van der Waals surface area contributed by atoms with Crippen LogP contribution in [0.5, 0.6) is 0 Å². The van der Waals surface area contributed by atoms with Gasteiger partial charge in [0.25, 0.3) is 11.8 Å². The van der Waals surface area contributed by atoms with Crippen molar-refractivity contribution in [3.8, 4) is 0 Å². The fourth-order valence-electron chi connectivity index (χ4n) is 3.92. The standard InChI is InChI=1S/C25H24N2O2S/c1-4-26(16-19-9-6-5-7-10-19)23-22(21-11-8-12-30-21)24(28)27(25(23)29)20-14-17(2)13-18(3)15-20/h5-15H,4,16H2,1-3H3. The predicted octanol–water partition coefficient (Wildman–Crippen LogP) is 5.17. The third-order valence-corrected chi connectivity index (χ3v) is 6.09. The Morgan fingerprint density at radius 2 is 1.60 bits per heavy atom. The lowest BCUT2D eigenvalue weighted by Crippen LogP contribution is -2.35. The first kappa shape index (κ1) is 20.1. The maximum Gasteiger partial charge on any atom is 0.282 e. The molecule has 1 aliphatic rings. The highest BCUT2D eigenvalue weighted by Crippen LogP contribution is 2.37. The van der Waals surface area contributed by atoms with Crippen LogP contribution in [0.3, 0.4) is 0 Å². The van der Waals surface area contributed by atoms with Crippen LogP contribution in [0.2, 0.25) is 0 Å². The molecule has 4 rings (SSSR count). The van der Waals surface area contributed by atoms with Gasteiger partial charge in [0.15, 0.2) is 0 Å². The molecule has 0 radical (unpaired) electrons. The average Bonchev–Trinajstić information content (AvgIpc) is 3.32. The molecule has 2 heterocycles. The van der Waals surface area contributed by atoms with E-state index in [1.54, 1.807) is 0 Å². The Bertz CT molecular complexity index is 1100. The lowest BCUT2D eigenvalue weighted by atomic mass is 10.1. The summed E-state index contributed by atoms with van der Waals surface area (Å²) in [6.07, 6.45) is 0. The van der Waals surface area contributed by atoms with Crippen LogP contribution < -0.4 is 4.90 Å². The normalized spacial score (nSPS) is 14.0. The van der Waals surface area contributed by atoms with Crippen molar-refractivity contribution in [2.24, 2.45) is 0 Å². The fraction of sp³-hybridized carbons (Fsp3) is 0.200. The minimum Gasteiger partial charge on any atom is -0.362 e. The number of thiophene rings is 1. The maximum atomic E-state index is 13.6. The van der Waals surface area contributed by atoms with E-state index < -0.39 is 0 Å². The Hall–Kier alpha value is -3.18. The van der Waals surface area contributed by atoms with Crippen molar-refractivity contribution in [1.82, 2.24) is 4.90 Å². The number of amides is 2. The molecule has 0 atom stereocenters. The quantitative estimate of drug-likeness (QED) is 0.521. The summed E-state index contributed by atoms with van der Waals surface area (Å²) >= 11 is 1.48. The van der Waals surface area contributed by atoms with E-state index in [1.165, 1.54) is 16.2 Å². The second-order valence-electron chi connectivity index (χ2n) is 7.49. The summed E-state index contributed by atoms with van der Waals surface area (Å²) in [5, 5.41) is 1.94. The number of benzene rings is 2. The van der Waals surface area contributed by atoms with Crippen molar-refractivity contribution < 1.29 is 9.59 Å². The Morgan fingerprint density at radius 3 is 2.20 bits per heavy atom. The van der Waals surface area contributed by atoms with Gasteiger partial charge in [-0.2, -0.15) is 0 Å². The summed E-state index contributed by atoms with van der Waals surface area (Å²) in [6.45, 7) is 7.16. The predicted molar refractivity (Wildman–Crippen MR) is 122 cm³/mol. The van der Waals surface area contributed by atoms with Gasteiger partial charge in [-0.1, -0.05) is 42.5 Å². The summed E-state index contributed by atoms with van der Waals surface area (Å²) in [5.74, 6) is -0.514. The topological polar surface area (TPSA) is 40.6 Å². The summed E-state index contributed by atoms with van der Waals surface area (Å²) in [4.78, 5) is 31.4. The molecular formula is C25H24N2O2S. The van der Waals surface area contributed by atoms with Gasteiger partial charge in [0.2, 0.25) is 0 Å². The molecule has 2 amide bonds. The minimum absolute atomic E-state index is 0.256. The van der Waals surface area contributed by atoms with Crippen LogP contribution in [-0.2, 0) is 16.1 Å².